The topological polar surface area (TPSA) is 88.9 Å². The zero-order valence-corrected chi connectivity index (χ0v) is 16.1. The number of aryl methyl sites for hydroxylation is 2. The Kier molecular flexibility index (Phi) is 4.62. The van der Waals surface area contributed by atoms with Gasteiger partial charge in [-0.2, -0.15) is 0 Å². The van der Waals surface area contributed by atoms with Crippen LogP contribution in [-0.2, 0) is 7.05 Å². The third kappa shape index (κ3) is 3.25. The maximum Gasteiger partial charge on any atom is 0.281 e. The van der Waals surface area contributed by atoms with Crippen molar-refractivity contribution in [2.75, 3.05) is 0 Å². The maximum atomic E-state index is 12.6. The molecule has 0 atom stereocenters. The van der Waals surface area contributed by atoms with E-state index in [0.29, 0.717) is 26.8 Å². The molecular formula is C20H17N5O2S. The lowest BCUT2D eigenvalue weighted by Gasteiger charge is -2.05. The molecule has 2 N–H and O–H groups in total. The fourth-order valence-electron chi connectivity index (χ4n) is 2.97. The zero-order valence-electron chi connectivity index (χ0n) is 15.3. The van der Waals surface area contributed by atoms with Crippen LogP contribution in [0.2, 0.25) is 0 Å². The molecule has 28 heavy (non-hydrogen) atoms. The molecule has 0 aliphatic heterocycles. The summed E-state index contributed by atoms with van der Waals surface area (Å²) in [4.78, 5) is 34.2. The van der Waals surface area contributed by atoms with E-state index in [4.69, 9.17) is 0 Å². The van der Waals surface area contributed by atoms with Crippen molar-refractivity contribution in [3.05, 3.63) is 71.0 Å². The minimum absolute atomic E-state index is 0.378. The minimum Gasteiger partial charge on any atom is -0.350 e. The monoisotopic (exact) mass is 391 g/mol. The van der Waals surface area contributed by atoms with Crippen LogP contribution in [0.4, 0.5) is 0 Å². The highest BCUT2D eigenvalue weighted by atomic mass is 32.1. The molecule has 0 saturated heterocycles. The van der Waals surface area contributed by atoms with Gasteiger partial charge in [-0.05, 0) is 25.1 Å². The van der Waals surface area contributed by atoms with Gasteiger partial charge in [0.25, 0.3) is 11.8 Å². The van der Waals surface area contributed by atoms with Crippen molar-refractivity contribution in [1.82, 2.24) is 25.4 Å². The van der Waals surface area contributed by atoms with Gasteiger partial charge < -0.3 is 4.57 Å². The summed E-state index contributed by atoms with van der Waals surface area (Å²) in [7, 11) is 1.87. The molecule has 0 aliphatic rings. The van der Waals surface area contributed by atoms with Crippen LogP contribution in [0.1, 0.15) is 25.7 Å². The second-order valence-electron chi connectivity index (χ2n) is 6.23. The number of pyridine rings is 1. The van der Waals surface area contributed by atoms with E-state index < -0.39 is 5.91 Å². The van der Waals surface area contributed by atoms with Gasteiger partial charge in [-0.3, -0.25) is 25.4 Å². The van der Waals surface area contributed by atoms with E-state index in [9.17, 15) is 9.59 Å². The van der Waals surface area contributed by atoms with E-state index in [1.54, 1.807) is 19.3 Å². The number of rotatable bonds is 3. The Bertz CT molecular complexity index is 1180. The van der Waals surface area contributed by atoms with Crippen molar-refractivity contribution in [3.8, 4) is 10.7 Å². The highest BCUT2D eigenvalue weighted by molar-refractivity contribution is 7.17. The number of aromatic nitrogens is 3. The van der Waals surface area contributed by atoms with E-state index in [-0.39, 0.29) is 5.91 Å². The van der Waals surface area contributed by atoms with Crippen LogP contribution in [0.5, 0.6) is 0 Å². The van der Waals surface area contributed by atoms with Crippen LogP contribution in [0.25, 0.3) is 21.6 Å². The number of benzene rings is 1. The molecule has 0 spiro atoms. The molecule has 3 aromatic heterocycles. The molecular weight excluding hydrogens is 374 g/mol. The molecule has 0 aliphatic carbocycles. The Morgan fingerprint density at radius 1 is 1.04 bits per heavy atom. The third-order valence-electron chi connectivity index (χ3n) is 4.32. The molecule has 1 aromatic carbocycles. The normalized spacial score (nSPS) is 10.8. The molecule has 0 fully saturated rings. The highest BCUT2D eigenvalue weighted by Gasteiger charge is 2.19. The van der Waals surface area contributed by atoms with Crippen LogP contribution in [0.3, 0.4) is 0 Å². The summed E-state index contributed by atoms with van der Waals surface area (Å²) in [6.07, 6.45) is 3.42. The van der Waals surface area contributed by atoms with E-state index in [2.05, 4.69) is 20.8 Å². The van der Waals surface area contributed by atoms with Crippen LogP contribution >= 0.6 is 11.3 Å². The van der Waals surface area contributed by atoms with Crippen LogP contribution in [-0.4, -0.2) is 26.3 Å². The Hall–Kier alpha value is -3.52. The lowest BCUT2D eigenvalue weighted by Crippen LogP contribution is -2.41. The van der Waals surface area contributed by atoms with E-state index >= 15 is 0 Å². The van der Waals surface area contributed by atoms with Crippen molar-refractivity contribution in [2.24, 2.45) is 7.05 Å². The molecule has 0 saturated carbocycles. The fraction of sp³-hybridized carbons (Fsp3) is 0.100. The largest absolute Gasteiger partial charge is 0.350 e. The number of hydrogen-bond donors (Lipinski definition) is 2. The smallest absolute Gasteiger partial charge is 0.281 e. The van der Waals surface area contributed by atoms with E-state index in [0.717, 1.165) is 10.9 Å². The van der Waals surface area contributed by atoms with Gasteiger partial charge in [0.05, 0.1) is 17.0 Å². The average Bonchev–Trinajstić information content (AvgIpc) is 3.27. The van der Waals surface area contributed by atoms with Crippen molar-refractivity contribution in [2.45, 2.75) is 6.92 Å². The number of nitrogens with zero attached hydrogens (tertiary/aromatic N) is 3. The SMILES string of the molecule is Cc1nc(-c2ccccn2)sc1C(=O)NNC(=O)c1cn(C)c2ccccc12. The first-order chi connectivity index (χ1) is 13.5. The average molecular weight is 391 g/mol. The second-order valence-corrected chi connectivity index (χ2v) is 7.23. The minimum atomic E-state index is -0.411. The van der Waals surface area contributed by atoms with Gasteiger partial charge in [0, 0.05) is 30.3 Å². The summed E-state index contributed by atoms with van der Waals surface area (Å²) >= 11 is 1.23. The van der Waals surface area contributed by atoms with E-state index in [1.807, 2.05) is 54.1 Å². The molecule has 8 heteroatoms. The molecule has 3 heterocycles. The maximum absolute atomic E-state index is 12.6. The molecule has 4 rings (SSSR count). The summed E-state index contributed by atoms with van der Waals surface area (Å²) in [5, 5.41) is 1.48. The molecule has 0 radical (unpaired) electrons. The van der Waals surface area contributed by atoms with Gasteiger partial charge in [0.2, 0.25) is 0 Å². The highest BCUT2D eigenvalue weighted by Crippen LogP contribution is 2.26. The first-order valence-corrected chi connectivity index (χ1v) is 9.40. The number of hydrazine groups is 1. The van der Waals surface area contributed by atoms with Crippen LogP contribution in [0.15, 0.2) is 54.9 Å². The first-order valence-electron chi connectivity index (χ1n) is 8.58. The van der Waals surface area contributed by atoms with Crippen LogP contribution in [0, 0.1) is 6.92 Å². The molecule has 0 bridgehead atoms. The van der Waals surface area contributed by atoms with Gasteiger partial charge in [-0.15, -0.1) is 11.3 Å². The van der Waals surface area contributed by atoms with Crippen molar-refractivity contribution in [1.29, 1.82) is 0 Å². The summed E-state index contributed by atoms with van der Waals surface area (Å²) < 4.78 is 1.87. The number of amides is 2. The predicted octanol–water partition coefficient (Wildman–Crippen LogP) is 3.08. The Labute approximate surface area is 165 Å². The number of nitrogens with one attached hydrogen (secondary N) is 2. The first kappa shape index (κ1) is 17.9. The van der Waals surface area contributed by atoms with Gasteiger partial charge in [0.1, 0.15) is 9.88 Å². The molecule has 7 nitrogen and oxygen atoms in total. The van der Waals surface area contributed by atoms with Gasteiger partial charge in [0.15, 0.2) is 0 Å². The van der Waals surface area contributed by atoms with Crippen molar-refractivity contribution in [3.63, 3.8) is 0 Å². The lowest BCUT2D eigenvalue weighted by molar-refractivity contribution is 0.0849. The summed E-state index contributed by atoms with van der Waals surface area (Å²) in [6.45, 7) is 1.75. The molecule has 2 amide bonds. The lowest BCUT2D eigenvalue weighted by atomic mass is 10.2. The number of para-hydroxylation sites is 1. The van der Waals surface area contributed by atoms with Gasteiger partial charge in [-0.1, -0.05) is 24.3 Å². The Morgan fingerprint density at radius 3 is 2.57 bits per heavy atom. The Morgan fingerprint density at radius 2 is 1.79 bits per heavy atom. The fourth-order valence-corrected chi connectivity index (χ4v) is 3.90. The van der Waals surface area contributed by atoms with Crippen LogP contribution < -0.4 is 10.9 Å². The Balaban J connectivity index is 1.50. The standard InChI is InChI=1S/C20H17N5O2S/c1-12-17(28-20(22-12)15-8-5-6-10-21-15)19(27)24-23-18(26)14-11-25(2)16-9-4-3-7-13(14)16/h3-11H,1-2H3,(H,23,26)(H,24,27). The summed E-state index contributed by atoms with van der Waals surface area (Å²) in [6, 6.07) is 13.1. The van der Waals surface area contributed by atoms with Gasteiger partial charge >= 0.3 is 0 Å². The predicted molar refractivity (Wildman–Crippen MR) is 108 cm³/mol. The van der Waals surface area contributed by atoms with Gasteiger partial charge in [-0.25, -0.2) is 4.98 Å². The molecule has 140 valence electrons. The third-order valence-corrected chi connectivity index (χ3v) is 5.50. The zero-order chi connectivity index (χ0) is 19.7. The number of thiazole rings is 1. The number of hydrogen-bond acceptors (Lipinski definition) is 5. The summed E-state index contributed by atoms with van der Waals surface area (Å²) in [5.41, 5.74) is 7.69. The van der Waals surface area contributed by atoms with Crippen molar-refractivity contribution < 1.29 is 9.59 Å². The molecule has 0 unspecified atom stereocenters. The number of carbonyl (C=O) groups is 2. The molecule has 4 aromatic rings. The van der Waals surface area contributed by atoms with E-state index in [1.165, 1.54) is 11.3 Å². The quantitative estimate of drug-likeness (QED) is 0.525. The second kappa shape index (κ2) is 7.24. The number of fused-ring (bicyclic) bond motifs is 1. The summed E-state index contributed by atoms with van der Waals surface area (Å²) in [5.74, 6) is -0.789. The van der Waals surface area contributed by atoms with Crippen molar-refractivity contribution >= 4 is 34.1 Å². The number of carbonyl (C=O) groups excluding carboxylic acids is 2.